The summed E-state index contributed by atoms with van der Waals surface area (Å²) in [5, 5.41) is 0.104. The van der Waals surface area contributed by atoms with Gasteiger partial charge < -0.3 is 4.74 Å². The Morgan fingerprint density at radius 3 is 2.31 bits per heavy atom. The fourth-order valence-electron chi connectivity index (χ4n) is 3.12. The van der Waals surface area contributed by atoms with E-state index in [0.29, 0.717) is 0 Å². The summed E-state index contributed by atoms with van der Waals surface area (Å²) in [7, 11) is -2.17. The molecule has 4 nitrogen and oxygen atoms in total. The van der Waals surface area contributed by atoms with Gasteiger partial charge in [-0.15, -0.1) is 0 Å². The summed E-state index contributed by atoms with van der Waals surface area (Å²) in [6.07, 6.45) is 2.76. The number of allylic oxidation sites excluding steroid dienone is 2. The highest BCUT2D eigenvalue weighted by molar-refractivity contribution is 7.89. The van der Waals surface area contributed by atoms with Crippen molar-refractivity contribution in [3.8, 4) is 0 Å². The number of hydrogen-bond acceptors (Lipinski definition) is 3. The van der Waals surface area contributed by atoms with E-state index in [0.717, 1.165) is 41.5 Å². The summed E-state index contributed by atoms with van der Waals surface area (Å²) in [5.41, 5.74) is 4.13. The Hall–Kier alpha value is -1.73. The van der Waals surface area contributed by atoms with Crippen molar-refractivity contribution in [3.63, 3.8) is 0 Å². The second-order valence-electron chi connectivity index (χ2n) is 6.04. The van der Waals surface area contributed by atoms with E-state index >= 15 is 0 Å². The van der Waals surface area contributed by atoms with Crippen LogP contribution >= 0.6 is 11.6 Å². The van der Waals surface area contributed by atoms with Crippen LogP contribution < -0.4 is 4.72 Å². The number of benzene rings is 2. The molecule has 1 aliphatic carbocycles. The normalized spacial score (nSPS) is 14.9. The molecule has 0 atom stereocenters. The molecule has 0 amide bonds. The highest BCUT2D eigenvalue weighted by Gasteiger charge is 2.20. The molecule has 0 aliphatic heterocycles. The third-order valence-corrected chi connectivity index (χ3v) is 6.07. The largest absolute Gasteiger partial charge is 0.369 e. The van der Waals surface area contributed by atoms with Crippen LogP contribution in [0, 0.1) is 5.82 Å². The fraction of sp³-hybridized carbons (Fsp3) is 0.263. The Kier molecular flexibility index (Phi) is 5.77. The first kappa shape index (κ1) is 19.0. The average molecular weight is 396 g/mol. The van der Waals surface area contributed by atoms with Crippen molar-refractivity contribution in [1.82, 2.24) is 4.72 Å². The Balaban J connectivity index is 1.93. The van der Waals surface area contributed by atoms with E-state index in [4.69, 9.17) is 16.3 Å². The van der Waals surface area contributed by atoms with Crippen LogP contribution in [0.25, 0.3) is 11.1 Å². The van der Waals surface area contributed by atoms with Gasteiger partial charge in [0.15, 0.2) is 0 Å². The molecule has 0 radical (unpaired) electrons. The maximum absolute atomic E-state index is 13.4. The smallest absolute Gasteiger partial charge is 0.242 e. The molecule has 0 heterocycles. The average Bonchev–Trinajstić information content (AvgIpc) is 3.12. The van der Waals surface area contributed by atoms with Crippen LogP contribution in [0.4, 0.5) is 4.39 Å². The Morgan fingerprint density at radius 1 is 1.08 bits per heavy atom. The molecule has 0 bridgehead atoms. The number of nitrogens with one attached hydrogen (secondary N) is 1. The minimum absolute atomic E-state index is 0.0787. The van der Waals surface area contributed by atoms with Gasteiger partial charge in [0.1, 0.15) is 12.5 Å². The molecule has 0 fully saturated rings. The molecule has 1 N–H and O–H groups in total. The first-order valence-electron chi connectivity index (χ1n) is 8.19. The topological polar surface area (TPSA) is 55.4 Å². The molecule has 3 rings (SSSR count). The molecule has 0 aromatic heterocycles. The van der Waals surface area contributed by atoms with Gasteiger partial charge in [-0.2, -0.15) is 4.72 Å². The number of methoxy groups -OCH3 is 1. The first-order valence-corrected chi connectivity index (χ1v) is 10.0. The quantitative estimate of drug-likeness (QED) is 0.735. The highest BCUT2D eigenvalue weighted by Crippen LogP contribution is 2.40. The van der Waals surface area contributed by atoms with E-state index < -0.39 is 15.8 Å². The monoisotopic (exact) mass is 395 g/mol. The summed E-state index contributed by atoms with van der Waals surface area (Å²) in [6, 6.07) is 11.5. The van der Waals surface area contributed by atoms with Gasteiger partial charge in [0, 0.05) is 7.11 Å². The summed E-state index contributed by atoms with van der Waals surface area (Å²) in [6.45, 7) is -0.0787. The van der Waals surface area contributed by atoms with Crippen LogP contribution in [-0.4, -0.2) is 22.3 Å². The van der Waals surface area contributed by atoms with E-state index in [1.54, 1.807) is 36.4 Å². The van der Waals surface area contributed by atoms with E-state index in [1.807, 2.05) is 0 Å². The zero-order chi connectivity index (χ0) is 18.7. The number of hydrogen-bond donors (Lipinski definition) is 1. The molecule has 2 aromatic carbocycles. The van der Waals surface area contributed by atoms with Gasteiger partial charge >= 0.3 is 0 Å². The molecule has 1 aliphatic rings. The molecule has 26 heavy (non-hydrogen) atoms. The Morgan fingerprint density at radius 2 is 1.69 bits per heavy atom. The van der Waals surface area contributed by atoms with E-state index in [1.165, 1.54) is 13.2 Å². The molecule has 0 unspecified atom stereocenters. The van der Waals surface area contributed by atoms with Crippen LogP contribution in [0.1, 0.15) is 30.4 Å². The molecule has 0 saturated heterocycles. The van der Waals surface area contributed by atoms with Crippen LogP contribution in [-0.2, 0) is 14.8 Å². The summed E-state index contributed by atoms with van der Waals surface area (Å²) in [4.78, 5) is 0.184. The molecule has 2 aromatic rings. The Bertz CT molecular complexity index is 940. The van der Waals surface area contributed by atoms with Gasteiger partial charge in [-0.05, 0) is 65.8 Å². The zero-order valence-corrected chi connectivity index (χ0v) is 15.8. The summed E-state index contributed by atoms with van der Waals surface area (Å²) >= 11 is 5.92. The third-order valence-electron chi connectivity index (χ3n) is 4.39. The van der Waals surface area contributed by atoms with Crippen molar-refractivity contribution in [3.05, 3.63) is 64.4 Å². The van der Waals surface area contributed by atoms with Crippen LogP contribution in [0.3, 0.4) is 0 Å². The lowest BCUT2D eigenvalue weighted by molar-refractivity contribution is 0.194. The molecule has 138 valence electrons. The van der Waals surface area contributed by atoms with E-state index in [-0.39, 0.29) is 16.6 Å². The molecule has 7 heteroatoms. The predicted molar refractivity (Wildman–Crippen MR) is 101 cm³/mol. The second kappa shape index (κ2) is 7.88. The lowest BCUT2D eigenvalue weighted by atomic mass is 9.97. The highest BCUT2D eigenvalue weighted by atomic mass is 35.5. The van der Waals surface area contributed by atoms with Crippen molar-refractivity contribution < 1.29 is 17.5 Å². The first-order chi connectivity index (χ1) is 12.4. The number of ether oxygens (including phenoxy) is 1. The lowest BCUT2D eigenvalue weighted by Crippen LogP contribution is -2.25. The van der Waals surface area contributed by atoms with Crippen LogP contribution in [0.2, 0.25) is 5.02 Å². The van der Waals surface area contributed by atoms with Gasteiger partial charge in [-0.25, -0.2) is 12.8 Å². The minimum Gasteiger partial charge on any atom is -0.369 e. The van der Waals surface area contributed by atoms with Gasteiger partial charge in [-0.3, -0.25) is 0 Å². The molecular formula is C19H19ClFNO3S. The summed E-state index contributed by atoms with van der Waals surface area (Å²) < 4.78 is 44.8. The minimum atomic E-state index is -3.59. The number of sulfonamides is 1. The zero-order valence-electron chi connectivity index (χ0n) is 14.3. The number of halogens is 2. The standard InChI is InChI=1S/C19H19ClFNO3S/c1-25-12-22-26(23,24)15-8-5-13(6-9-15)16-3-2-4-17(16)14-7-10-19(21)18(20)11-14/h5-11,22H,2-4,12H2,1H3. The van der Waals surface area contributed by atoms with Crippen molar-refractivity contribution in [2.45, 2.75) is 24.2 Å². The van der Waals surface area contributed by atoms with E-state index in [2.05, 4.69) is 4.72 Å². The third kappa shape index (κ3) is 3.99. The molecule has 0 saturated carbocycles. The number of rotatable bonds is 6. The van der Waals surface area contributed by atoms with Gasteiger partial charge in [-0.1, -0.05) is 29.8 Å². The molecular weight excluding hydrogens is 377 g/mol. The second-order valence-corrected chi connectivity index (χ2v) is 8.22. The maximum atomic E-state index is 13.4. The maximum Gasteiger partial charge on any atom is 0.242 e. The Labute approximate surface area is 157 Å². The van der Waals surface area contributed by atoms with Crippen molar-refractivity contribution in [2.24, 2.45) is 0 Å². The van der Waals surface area contributed by atoms with Crippen molar-refractivity contribution in [2.75, 3.05) is 13.8 Å². The van der Waals surface area contributed by atoms with E-state index in [9.17, 15) is 12.8 Å². The van der Waals surface area contributed by atoms with Gasteiger partial charge in [0.25, 0.3) is 0 Å². The van der Waals surface area contributed by atoms with Crippen molar-refractivity contribution >= 4 is 32.8 Å². The van der Waals surface area contributed by atoms with Crippen LogP contribution in [0.15, 0.2) is 47.4 Å². The fourth-order valence-corrected chi connectivity index (χ4v) is 4.23. The van der Waals surface area contributed by atoms with Gasteiger partial charge in [0.05, 0.1) is 9.92 Å². The van der Waals surface area contributed by atoms with Gasteiger partial charge in [0.2, 0.25) is 10.0 Å². The lowest BCUT2D eigenvalue weighted by Gasteiger charge is -2.11. The SMILES string of the molecule is COCNS(=O)(=O)c1ccc(C2=C(c3ccc(F)c(Cl)c3)CCC2)cc1. The predicted octanol–water partition coefficient (Wildman–Crippen LogP) is 4.46. The van der Waals surface area contributed by atoms with Crippen LogP contribution in [0.5, 0.6) is 0 Å². The molecule has 0 spiro atoms. The summed E-state index contributed by atoms with van der Waals surface area (Å²) in [5.74, 6) is -0.436. The van der Waals surface area contributed by atoms with Crippen molar-refractivity contribution in [1.29, 1.82) is 0 Å².